The van der Waals surface area contributed by atoms with Crippen LogP contribution in [-0.4, -0.2) is 41.2 Å². The average molecular weight is 275 g/mol. The van der Waals surface area contributed by atoms with Gasteiger partial charge in [-0.15, -0.1) is 5.10 Å². The molecule has 0 saturated heterocycles. The van der Waals surface area contributed by atoms with Crippen LogP contribution in [0.15, 0.2) is 30.5 Å². The number of ether oxygens (including phenoxy) is 2. The molecular formula is C13H13N3O4. The Labute approximate surface area is 115 Å². The van der Waals surface area contributed by atoms with Crippen molar-refractivity contribution in [2.24, 2.45) is 0 Å². The van der Waals surface area contributed by atoms with Gasteiger partial charge in [0, 0.05) is 0 Å². The van der Waals surface area contributed by atoms with Gasteiger partial charge < -0.3 is 9.47 Å². The molecule has 0 saturated carbocycles. The van der Waals surface area contributed by atoms with Gasteiger partial charge >= 0.3 is 11.9 Å². The SMILES string of the molecule is COC(=O)c1cn(Cc2ccccc2C(=O)OC)nn1. The molecule has 1 aromatic heterocycles. The molecule has 0 aliphatic carbocycles. The van der Waals surface area contributed by atoms with Gasteiger partial charge in [0.05, 0.1) is 32.5 Å². The number of carbonyl (C=O) groups is 2. The molecule has 1 heterocycles. The minimum absolute atomic E-state index is 0.114. The summed E-state index contributed by atoms with van der Waals surface area (Å²) in [4.78, 5) is 22.9. The molecule has 0 N–H and O–H groups in total. The summed E-state index contributed by atoms with van der Waals surface area (Å²) in [6.45, 7) is 0.301. The quantitative estimate of drug-likeness (QED) is 0.771. The highest BCUT2D eigenvalue weighted by molar-refractivity contribution is 5.91. The zero-order chi connectivity index (χ0) is 14.5. The topological polar surface area (TPSA) is 83.3 Å². The second kappa shape index (κ2) is 5.96. The van der Waals surface area contributed by atoms with Gasteiger partial charge in [-0.1, -0.05) is 23.4 Å². The zero-order valence-electron chi connectivity index (χ0n) is 11.1. The number of hydrogen-bond acceptors (Lipinski definition) is 6. The number of nitrogens with zero attached hydrogens (tertiary/aromatic N) is 3. The lowest BCUT2D eigenvalue weighted by Crippen LogP contribution is -2.09. The minimum atomic E-state index is -0.558. The monoisotopic (exact) mass is 275 g/mol. The van der Waals surface area contributed by atoms with Gasteiger partial charge in [-0.2, -0.15) is 0 Å². The number of rotatable bonds is 4. The molecule has 0 unspecified atom stereocenters. The van der Waals surface area contributed by atoms with Gasteiger partial charge in [-0.05, 0) is 11.6 Å². The largest absolute Gasteiger partial charge is 0.465 e. The fourth-order valence-electron chi connectivity index (χ4n) is 1.72. The van der Waals surface area contributed by atoms with E-state index >= 15 is 0 Å². The maximum atomic E-state index is 11.6. The Hall–Kier alpha value is -2.70. The number of aromatic nitrogens is 3. The van der Waals surface area contributed by atoms with Crippen molar-refractivity contribution in [3.8, 4) is 0 Å². The third-order valence-electron chi connectivity index (χ3n) is 2.69. The minimum Gasteiger partial charge on any atom is -0.465 e. The van der Waals surface area contributed by atoms with Crippen molar-refractivity contribution in [1.82, 2.24) is 15.0 Å². The Morgan fingerprint density at radius 1 is 1.15 bits per heavy atom. The molecule has 0 aliphatic heterocycles. The van der Waals surface area contributed by atoms with E-state index in [4.69, 9.17) is 4.74 Å². The Bertz CT molecular complexity index is 636. The van der Waals surface area contributed by atoms with Crippen LogP contribution in [0.5, 0.6) is 0 Å². The van der Waals surface area contributed by atoms with E-state index in [-0.39, 0.29) is 5.69 Å². The molecule has 0 amide bonds. The molecule has 0 atom stereocenters. The lowest BCUT2D eigenvalue weighted by Gasteiger charge is -2.06. The summed E-state index contributed by atoms with van der Waals surface area (Å²) >= 11 is 0. The van der Waals surface area contributed by atoms with Crippen LogP contribution in [0.1, 0.15) is 26.4 Å². The van der Waals surface area contributed by atoms with Gasteiger partial charge in [-0.3, -0.25) is 0 Å². The first-order valence-electron chi connectivity index (χ1n) is 5.80. The Kier molecular flexibility index (Phi) is 4.09. The molecule has 0 fully saturated rings. The van der Waals surface area contributed by atoms with Gasteiger partial charge in [-0.25, -0.2) is 14.3 Å². The van der Waals surface area contributed by atoms with E-state index in [0.29, 0.717) is 12.1 Å². The molecule has 0 bridgehead atoms. The molecule has 7 heteroatoms. The third-order valence-corrected chi connectivity index (χ3v) is 2.69. The Morgan fingerprint density at radius 3 is 2.55 bits per heavy atom. The van der Waals surface area contributed by atoms with Crippen LogP contribution in [0, 0.1) is 0 Å². The van der Waals surface area contributed by atoms with Gasteiger partial charge in [0.1, 0.15) is 0 Å². The highest BCUT2D eigenvalue weighted by Crippen LogP contribution is 2.11. The predicted octanol–water partition coefficient (Wildman–Crippen LogP) is 0.900. The maximum Gasteiger partial charge on any atom is 0.360 e. The number of hydrogen-bond donors (Lipinski definition) is 0. The summed E-state index contributed by atoms with van der Waals surface area (Å²) in [5.74, 6) is -0.980. The summed E-state index contributed by atoms with van der Waals surface area (Å²) in [6.07, 6.45) is 1.46. The van der Waals surface area contributed by atoms with Crippen molar-refractivity contribution in [1.29, 1.82) is 0 Å². The first-order chi connectivity index (χ1) is 9.65. The zero-order valence-corrected chi connectivity index (χ0v) is 11.1. The lowest BCUT2D eigenvalue weighted by atomic mass is 10.1. The van der Waals surface area contributed by atoms with Crippen LogP contribution in [-0.2, 0) is 16.0 Å². The van der Waals surface area contributed by atoms with E-state index in [2.05, 4.69) is 15.0 Å². The van der Waals surface area contributed by atoms with Crippen molar-refractivity contribution in [2.75, 3.05) is 14.2 Å². The fraction of sp³-hybridized carbons (Fsp3) is 0.231. The van der Waals surface area contributed by atoms with Crippen molar-refractivity contribution >= 4 is 11.9 Å². The second-order valence-corrected chi connectivity index (χ2v) is 3.94. The van der Waals surface area contributed by atoms with Crippen molar-refractivity contribution in [3.63, 3.8) is 0 Å². The molecule has 7 nitrogen and oxygen atoms in total. The van der Waals surface area contributed by atoms with Crippen LogP contribution < -0.4 is 0 Å². The van der Waals surface area contributed by atoms with Crippen LogP contribution >= 0.6 is 0 Å². The van der Waals surface area contributed by atoms with E-state index < -0.39 is 11.9 Å². The number of carbonyl (C=O) groups excluding carboxylic acids is 2. The molecule has 0 spiro atoms. The second-order valence-electron chi connectivity index (χ2n) is 3.94. The van der Waals surface area contributed by atoms with Crippen LogP contribution in [0.3, 0.4) is 0 Å². The summed E-state index contributed by atoms with van der Waals surface area (Å²) in [7, 11) is 2.60. The molecule has 20 heavy (non-hydrogen) atoms. The van der Waals surface area contributed by atoms with Gasteiger partial charge in [0.25, 0.3) is 0 Å². The van der Waals surface area contributed by atoms with E-state index in [1.54, 1.807) is 24.3 Å². The van der Waals surface area contributed by atoms with E-state index in [1.165, 1.54) is 25.1 Å². The Balaban J connectivity index is 2.24. The number of methoxy groups -OCH3 is 2. The smallest absolute Gasteiger partial charge is 0.360 e. The van der Waals surface area contributed by atoms with Crippen LogP contribution in [0.2, 0.25) is 0 Å². The predicted molar refractivity (Wildman–Crippen MR) is 68.2 cm³/mol. The van der Waals surface area contributed by atoms with Crippen molar-refractivity contribution in [2.45, 2.75) is 6.54 Å². The standard InChI is InChI=1S/C13H13N3O4/c1-19-12(17)10-6-4-3-5-9(10)7-16-8-11(14-15-16)13(18)20-2/h3-6,8H,7H2,1-2H3. The van der Waals surface area contributed by atoms with Crippen molar-refractivity contribution in [3.05, 3.63) is 47.3 Å². The summed E-state index contributed by atoms with van der Waals surface area (Å²) in [5.41, 5.74) is 1.29. The van der Waals surface area contributed by atoms with E-state index in [1.807, 2.05) is 0 Å². The van der Waals surface area contributed by atoms with Gasteiger partial charge in [0.2, 0.25) is 0 Å². The molecule has 2 aromatic rings. The summed E-state index contributed by atoms with van der Waals surface area (Å²) < 4.78 is 10.7. The van der Waals surface area contributed by atoms with Crippen molar-refractivity contribution < 1.29 is 19.1 Å². The summed E-state index contributed by atoms with van der Waals surface area (Å²) in [6, 6.07) is 7.00. The average Bonchev–Trinajstić information content (AvgIpc) is 2.94. The summed E-state index contributed by atoms with van der Waals surface area (Å²) in [5, 5.41) is 7.52. The molecular weight excluding hydrogens is 262 g/mol. The normalized spacial score (nSPS) is 10.1. The fourth-order valence-corrected chi connectivity index (χ4v) is 1.72. The molecule has 1 aromatic carbocycles. The first kappa shape index (κ1) is 13.7. The molecule has 104 valence electrons. The molecule has 0 aliphatic rings. The lowest BCUT2D eigenvalue weighted by molar-refractivity contribution is 0.0587. The number of benzene rings is 1. The van der Waals surface area contributed by atoms with Crippen LogP contribution in [0.4, 0.5) is 0 Å². The molecule has 0 radical (unpaired) electrons. The highest BCUT2D eigenvalue weighted by Gasteiger charge is 2.14. The highest BCUT2D eigenvalue weighted by atomic mass is 16.5. The molecule has 2 rings (SSSR count). The third kappa shape index (κ3) is 2.82. The number of esters is 2. The Morgan fingerprint density at radius 2 is 1.85 bits per heavy atom. The first-order valence-corrected chi connectivity index (χ1v) is 5.80. The van der Waals surface area contributed by atoms with E-state index in [0.717, 1.165) is 5.56 Å². The maximum absolute atomic E-state index is 11.6. The van der Waals surface area contributed by atoms with Crippen LogP contribution in [0.25, 0.3) is 0 Å². The van der Waals surface area contributed by atoms with E-state index in [9.17, 15) is 9.59 Å². The van der Waals surface area contributed by atoms with Gasteiger partial charge in [0.15, 0.2) is 5.69 Å².